The smallest absolute Gasteiger partial charge is 0.204 e. The lowest BCUT2D eigenvalue weighted by Crippen LogP contribution is -2.35. The molecule has 0 aliphatic carbocycles. The topological polar surface area (TPSA) is 90.2 Å². The van der Waals surface area contributed by atoms with E-state index in [0.29, 0.717) is 34.4 Å². The third-order valence-electron chi connectivity index (χ3n) is 3.08. The number of rotatable bonds is 6. The lowest BCUT2D eigenvalue weighted by Gasteiger charge is -2.09. The molecule has 0 aliphatic heterocycles. The van der Waals surface area contributed by atoms with Crippen molar-refractivity contribution in [2.24, 2.45) is 4.99 Å². The summed E-state index contributed by atoms with van der Waals surface area (Å²) >= 11 is 1.48. The van der Waals surface area contributed by atoms with E-state index in [1.165, 1.54) is 11.8 Å². The zero-order valence-corrected chi connectivity index (χ0v) is 14.0. The molecule has 0 unspecified atom stereocenters. The van der Waals surface area contributed by atoms with Crippen LogP contribution in [0, 0.1) is 11.5 Å². The van der Waals surface area contributed by atoms with Crippen LogP contribution >= 0.6 is 11.8 Å². The molecule has 0 amide bonds. The van der Waals surface area contributed by atoms with Crippen LogP contribution in [0.15, 0.2) is 58.7 Å². The quantitative estimate of drug-likeness (QED) is 0.159. The minimum absolute atomic E-state index is 0.0406. The Morgan fingerprint density at radius 3 is 2.79 bits per heavy atom. The third kappa shape index (κ3) is 4.83. The maximum absolute atomic E-state index is 12.6. The number of benzene rings is 1. The molecule has 0 atom stereocenters. The van der Waals surface area contributed by atoms with Crippen LogP contribution in [0.25, 0.3) is 0 Å². The number of nitrogens with one attached hydrogen (secondary N) is 2. The molecule has 0 saturated carbocycles. The van der Waals surface area contributed by atoms with Crippen LogP contribution in [0.1, 0.15) is 15.9 Å². The van der Waals surface area contributed by atoms with Gasteiger partial charge < -0.3 is 5.32 Å². The van der Waals surface area contributed by atoms with E-state index in [9.17, 15) is 4.79 Å². The van der Waals surface area contributed by atoms with Crippen molar-refractivity contribution in [1.82, 2.24) is 15.6 Å². The summed E-state index contributed by atoms with van der Waals surface area (Å²) in [5.41, 5.74) is 1.23. The van der Waals surface area contributed by atoms with Crippen molar-refractivity contribution in [2.75, 3.05) is 19.3 Å². The zero-order chi connectivity index (χ0) is 17.2. The number of nitriles is 1. The largest absolute Gasteiger partial charge is 0.355 e. The van der Waals surface area contributed by atoms with Gasteiger partial charge in [0.05, 0.1) is 5.56 Å². The van der Waals surface area contributed by atoms with Gasteiger partial charge in [-0.15, -0.1) is 11.8 Å². The Bertz CT molecular complexity index is 755. The standard InChI is InChI=1S/C17H17N5OS/c1-19-17(22-12-18)21-10-11-24-16-14(8-5-9-20-16)15(23)13-6-3-2-4-7-13/h2-9H,10-11H2,1H3,(H2,19,21,22). The third-order valence-corrected chi connectivity index (χ3v) is 4.09. The van der Waals surface area contributed by atoms with Crippen molar-refractivity contribution >= 4 is 23.5 Å². The predicted octanol–water partition coefficient (Wildman–Crippen LogP) is 2.05. The van der Waals surface area contributed by atoms with E-state index >= 15 is 0 Å². The van der Waals surface area contributed by atoms with Gasteiger partial charge in [0.1, 0.15) is 5.03 Å². The summed E-state index contributed by atoms with van der Waals surface area (Å²) in [5, 5.41) is 14.7. The van der Waals surface area contributed by atoms with Gasteiger partial charge in [-0.05, 0) is 12.1 Å². The monoisotopic (exact) mass is 339 g/mol. The fourth-order valence-electron chi connectivity index (χ4n) is 1.97. The van der Waals surface area contributed by atoms with Crippen LogP contribution in [0.5, 0.6) is 0 Å². The second kappa shape index (κ2) is 9.33. The lowest BCUT2D eigenvalue weighted by molar-refractivity contribution is 0.103. The molecule has 1 aromatic carbocycles. The van der Waals surface area contributed by atoms with Gasteiger partial charge >= 0.3 is 0 Å². The predicted molar refractivity (Wildman–Crippen MR) is 94.9 cm³/mol. The Balaban J connectivity index is 2.00. The van der Waals surface area contributed by atoms with E-state index in [2.05, 4.69) is 20.6 Å². The Kier molecular flexibility index (Phi) is 6.80. The van der Waals surface area contributed by atoms with Crippen molar-refractivity contribution < 1.29 is 4.79 Å². The fourth-order valence-corrected chi connectivity index (χ4v) is 2.82. The summed E-state index contributed by atoms with van der Waals surface area (Å²) < 4.78 is 0. The van der Waals surface area contributed by atoms with Gasteiger partial charge in [-0.1, -0.05) is 30.3 Å². The summed E-state index contributed by atoms with van der Waals surface area (Å²) in [6.07, 6.45) is 3.49. The highest BCUT2D eigenvalue weighted by Crippen LogP contribution is 2.22. The molecular weight excluding hydrogens is 322 g/mol. The Hall–Kier alpha value is -2.85. The van der Waals surface area contributed by atoms with Crippen molar-refractivity contribution in [3.05, 3.63) is 59.8 Å². The maximum Gasteiger partial charge on any atom is 0.204 e. The number of hydrogen-bond acceptors (Lipinski definition) is 5. The number of aromatic nitrogens is 1. The lowest BCUT2D eigenvalue weighted by atomic mass is 10.1. The van der Waals surface area contributed by atoms with Crippen molar-refractivity contribution in [2.45, 2.75) is 5.03 Å². The number of carbonyl (C=O) groups excluding carboxylic acids is 1. The molecular formula is C17H17N5OS. The number of ketones is 1. The SMILES string of the molecule is C/N=C(\NC#N)NCCSc1ncccc1C(=O)c1ccccc1. The van der Waals surface area contributed by atoms with Gasteiger partial charge in [-0.25, -0.2) is 4.98 Å². The normalized spacial score (nSPS) is 10.8. The molecule has 24 heavy (non-hydrogen) atoms. The van der Waals surface area contributed by atoms with Gasteiger partial charge in [0.2, 0.25) is 5.96 Å². The van der Waals surface area contributed by atoms with Crippen molar-refractivity contribution in [3.8, 4) is 6.19 Å². The maximum atomic E-state index is 12.6. The minimum atomic E-state index is -0.0406. The molecule has 0 fully saturated rings. The molecule has 0 bridgehead atoms. The van der Waals surface area contributed by atoms with Gasteiger partial charge in [-0.2, -0.15) is 5.26 Å². The first kappa shape index (κ1) is 17.5. The highest BCUT2D eigenvalue weighted by molar-refractivity contribution is 7.99. The first-order valence-corrected chi connectivity index (χ1v) is 8.28. The summed E-state index contributed by atoms with van der Waals surface area (Å²) in [6.45, 7) is 0.585. The van der Waals surface area contributed by atoms with E-state index in [4.69, 9.17) is 5.26 Å². The molecule has 122 valence electrons. The van der Waals surface area contributed by atoms with Crippen molar-refractivity contribution in [3.63, 3.8) is 0 Å². The number of guanidine groups is 1. The number of aliphatic imine (C=N–C) groups is 1. The Labute approximate surface area is 145 Å². The average Bonchev–Trinajstić information content (AvgIpc) is 2.64. The molecule has 6 nitrogen and oxygen atoms in total. The number of thioether (sulfide) groups is 1. The fraction of sp³-hybridized carbons (Fsp3) is 0.176. The van der Waals surface area contributed by atoms with Crippen LogP contribution in [0.2, 0.25) is 0 Å². The van der Waals surface area contributed by atoms with Crippen LogP contribution in [0.3, 0.4) is 0 Å². The number of carbonyl (C=O) groups is 1. The van der Waals surface area contributed by atoms with E-state index in [1.807, 2.05) is 24.4 Å². The van der Waals surface area contributed by atoms with Crippen LogP contribution in [-0.2, 0) is 0 Å². The Morgan fingerprint density at radius 2 is 2.08 bits per heavy atom. The summed E-state index contributed by atoms with van der Waals surface area (Å²) in [4.78, 5) is 20.8. The second-order valence-electron chi connectivity index (χ2n) is 4.64. The summed E-state index contributed by atoms with van der Waals surface area (Å²) in [5.74, 6) is 1.05. The number of nitrogens with zero attached hydrogens (tertiary/aromatic N) is 3. The van der Waals surface area contributed by atoms with Gasteiger partial charge in [0.25, 0.3) is 0 Å². The van der Waals surface area contributed by atoms with Crippen LogP contribution in [-0.4, -0.2) is 36.1 Å². The van der Waals surface area contributed by atoms with Gasteiger partial charge in [0.15, 0.2) is 12.0 Å². The zero-order valence-electron chi connectivity index (χ0n) is 13.2. The van der Waals surface area contributed by atoms with Gasteiger partial charge in [-0.3, -0.25) is 15.1 Å². The van der Waals surface area contributed by atoms with Crippen molar-refractivity contribution in [1.29, 1.82) is 5.26 Å². The molecule has 0 spiro atoms. The second-order valence-corrected chi connectivity index (χ2v) is 5.72. The number of pyridine rings is 1. The van der Waals surface area contributed by atoms with E-state index in [0.717, 1.165) is 0 Å². The van der Waals surface area contributed by atoms with E-state index < -0.39 is 0 Å². The molecule has 0 aliphatic rings. The molecule has 0 radical (unpaired) electrons. The summed E-state index contributed by atoms with van der Waals surface area (Å²) in [6, 6.07) is 12.7. The van der Waals surface area contributed by atoms with Crippen LogP contribution < -0.4 is 10.6 Å². The highest BCUT2D eigenvalue weighted by atomic mass is 32.2. The first-order valence-electron chi connectivity index (χ1n) is 7.29. The molecule has 1 heterocycles. The molecule has 2 rings (SSSR count). The van der Waals surface area contributed by atoms with E-state index in [-0.39, 0.29) is 5.78 Å². The molecule has 7 heteroatoms. The molecule has 2 aromatic rings. The number of hydrogen-bond donors (Lipinski definition) is 2. The van der Waals surface area contributed by atoms with Gasteiger partial charge in [0, 0.05) is 31.1 Å². The average molecular weight is 339 g/mol. The molecule has 1 aromatic heterocycles. The minimum Gasteiger partial charge on any atom is -0.355 e. The first-order chi connectivity index (χ1) is 11.8. The molecule has 0 saturated heterocycles. The summed E-state index contributed by atoms with van der Waals surface area (Å²) in [7, 11) is 1.59. The molecule has 2 N–H and O–H groups in total. The Morgan fingerprint density at radius 1 is 1.29 bits per heavy atom. The van der Waals surface area contributed by atoms with E-state index in [1.54, 1.807) is 37.5 Å². The van der Waals surface area contributed by atoms with Crippen LogP contribution in [0.4, 0.5) is 0 Å². The highest BCUT2D eigenvalue weighted by Gasteiger charge is 2.14.